The predicted octanol–water partition coefficient (Wildman–Crippen LogP) is 0.222. The van der Waals surface area contributed by atoms with E-state index in [-0.39, 0.29) is 11.5 Å². The van der Waals surface area contributed by atoms with Crippen LogP contribution in [-0.4, -0.2) is 86.7 Å². The van der Waals surface area contributed by atoms with Crippen molar-refractivity contribution in [2.24, 2.45) is 0 Å². The van der Waals surface area contributed by atoms with E-state index in [9.17, 15) is 18.0 Å². The normalized spacial score (nSPS) is 18.7. The molecule has 2 rings (SSSR count). The molecule has 7 nitrogen and oxygen atoms in total. The Bertz CT molecular complexity index is 734. The molecule has 144 valence electrons. The Morgan fingerprint density at radius 1 is 1.04 bits per heavy atom. The Balaban J connectivity index is 2.09. The molecule has 0 spiro atoms. The largest absolute Gasteiger partial charge is 0.333 e. The fraction of sp³-hybridized carbons (Fsp3) is 0.556. The highest BCUT2D eigenvalue weighted by Crippen LogP contribution is 2.18. The van der Waals surface area contributed by atoms with E-state index in [1.165, 1.54) is 9.80 Å². The Morgan fingerprint density at radius 3 is 2.23 bits per heavy atom. The van der Waals surface area contributed by atoms with Crippen LogP contribution >= 0.6 is 0 Å². The summed E-state index contributed by atoms with van der Waals surface area (Å²) >= 11 is 0. The van der Waals surface area contributed by atoms with Crippen LogP contribution in [0, 0.1) is 0 Å². The summed E-state index contributed by atoms with van der Waals surface area (Å²) in [6, 6.07) is 9.00. The number of nitrogens with zero attached hydrogens (tertiary/aromatic N) is 3. The average Bonchev–Trinajstić information content (AvgIpc) is 2.94. The van der Waals surface area contributed by atoms with Gasteiger partial charge in [-0.1, -0.05) is 30.3 Å². The van der Waals surface area contributed by atoms with Crippen LogP contribution in [-0.2, 0) is 26.0 Å². The molecule has 1 saturated heterocycles. The maximum Gasteiger partial charge on any atom is 0.312 e. The highest BCUT2D eigenvalue weighted by atomic mass is 32.2. The molecule has 8 heteroatoms. The van der Waals surface area contributed by atoms with Crippen molar-refractivity contribution in [2.45, 2.75) is 19.0 Å². The van der Waals surface area contributed by atoms with Gasteiger partial charge in [-0.15, -0.1) is 0 Å². The van der Waals surface area contributed by atoms with Gasteiger partial charge < -0.3 is 14.7 Å². The highest BCUT2D eigenvalue weighted by molar-refractivity contribution is 7.91. The zero-order valence-corrected chi connectivity index (χ0v) is 16.4. The van der Waals surface area contributed by atoms with Gasteiger partial charge in [0, 0.05) is 32.7 Å². The number of sulfone groups is 1. The van der Waals surface area contributed by atoms with Gasteiger partial charge in [-0.05, 0) is 26.1 Å². The van der Waals surface area contributed by atoms with E-state index in [2.05, 4.69) is 0 Å². The van der Waals surface area contributed by atoms with Crippen molar-refractivity contribution in [1.82, 2.24) is 14.7 Å². The van der Waals surface area contributed by atoms with Crippen LogP contribution in [0.3, 0.4) is 0 Å². The summed E-state index contributed by atoms with van der Waals surface area (Å²) in [5.41, 5.74) is 0.930. The molecule has 0 saturated carbocycles. The molecule has 1 aliphatic rings. The second-order valence-corrected chi connectivity index (χ2v) is 9.23. The van der Waals surface area contributed by atoms with Gasteiger partial charge in [-0.25, -0.2) is 8.42 Å². The summed E-state index contributed by atoms with van der Waals surface area (Å²) in [5.74, 6) is -1.25. The second kappa shape index (κ2) is 8.64. The monoisotopic (exact) mass is 381 g/mol. The van der Waals surface area contributed by atoms with Crippen LogP contribution in [0.1, 0.15) is 12.0 Å². The summed E-state index contributed by atoms with van der Waals surface area (Å²) in [6.45, 7) is 1.23. The van der Waals surface area contributed by atoms with E-state index in [0.717, 1.165) is 5.56 Å². The van der Waals surface area contributed by atoms with Gasteiger partial charge >= 0.3 is 11.8 Å². The number of amides is 2. The third kappa shape index (κ3) is 5.54. The lowest BCUT2D eigenvalue weighted by molar-refractivity contribution is -0.152. The van der Waals surface area contributed by atoms with Crippen molar-refractivity contribution in [3.8, 4) is 0 Å². The smallest absolute Gasteiger partial charge is 0.312 e. The number of hydrogen-bond acceptors (Lipinski definition) is 5. The number of likely N-dealkylation sites (N-methyl/N-ethyl adjacent to an activating group) is 2. The van der Waals surface area contributed by atoms with Gasteiger partial charge in [-0.2, -0.15) is 0 Å². The van der Waals surface area contributed by atoms with Crippen molar-refractivity contribution in [2.75, 3.05) is 45.7 Å². The van der Waals surface area contributed by atoms with Crippen molar-refractivity contribution < 1.29 is 18.0 Å². The standard InChI is InChI=1S/C18H27N3O4S/c1-19(2)10-11-21(16-9-12-26(24,25)14-16)18(23)17(22)20(3)13-15-7-5-4-6-8-15/h4-8,16H,9-14H2,1-3H3. The second-order valence-electron chi connectivity index (χ2n) is 7.01. The molecule has 1 atom stereocenters. The minimum absolute atomic E-state index is 0.0669. The lowest BCUT2D eigenvalue weighted by atomic mass is 10.2. The van der Waals surface area contributed by atoms with Gasteiger partial charge in [-0.3, -0.25) is 9.59 Å². The van der Waals surface area contributed by atoms with Crippen LogP contribution in [0.5, 0.6) is 0 Å². The molecule has 0 N–H and O–H groups in total. The van der Waals surface area contributed by atoms with Crippen LogP contribution in [0.4, 0.5) is 0 Å². The average molecular weight is 381 g/mol. The number of hydrogen-bond donors (Lipinski definition) is 0. The maximum absolute atomic E-state index is 12.8. The van der Waals surface area contributed by atoms with E-state index in [1.807, 2.05) is 49.3 Å². The molecule has 1 fully saturated rings. The van der Waals surface area contributed by atoms with E-state index in [1.54, 1.807) is 7.05 Å². The summed E-state index contributed by atoms with van der Waals surface area (Å²) in [7, 11) is 2.19. The topological polar surface area (TPSA) is 78.0 Å². The van der Waals surface area contributed by atoms with Crippen LogP contribution in [0.25, 0.3) is 0 Å². The fourth-order valence-corrected chi connectivity index (χ4v) is 4.72. The molecule has 1 heterocycles. The quantitative estimate of drug-likeness (QED) is 0.659. The van der Waals surface area contributed by atoms with Gasteiger partial charge in [0.15, 0.2) is 9.84 Å². The molecule has 0 bridgehead atoms. The highest BCUT2D eigenvalue weighted by Gasteiger charge is 2.37. The zero-order chi connectivity index (χ0) is 19.3. The van der Waals surface area contributed by atoms with Crippen molar-refractivity contribution in [3.63, 3.8) is 0 Å². The molecule has 0 aliphatic carbocycles. The number of benzene rings is 1. The number of carbonyl (C=O) groups is 2. The Morgan fingerprint density at radius 2 is 1.69 bits per heavy atom. The van der Waals surface area contributed by atoms with E-state index >= 15 is 0 Å². The molecule has 0 radical (unpaired) electrons. The Labute approximate surface area is 155 Å². The first-order valence-electron chi connectivity index (χ1n) is 8.65. The van der Waals surface area contributed by atoms with E-state index in [4.69, 9.17) is 0 Å². The van der Waals surface area contributed by atoms with E-state index in [0.29, 0.717) is 26.1 Å². The van der Waals surface area contributed by atoms with E-state index < -0.39 is 27.7 Å². The van der Waals surface area contributed by atoms with Crippen LogP contribution in [0.15, 0.2) is 30.3 Å². The molecular formula is C18H27N3O4S. The summed E-state index contributed by atoms with van der Waals surface area (Å²) in [5, 5.41) is 0. The first kappa shape index (κ1) is 20.4. The van der Waals surface area contributed by atoms with Gasteiger partial charge in [0.25, 0.3) is 0 Å². The molecule has 26 heavy (non-hydrogen) atoms. The molecule has 2 amide bonds. The fourth-order valence-electron chi connectivity index (χ4n) is 2.99. The summed E-state index contributed by atoms with van der Waals surface area (Å²) < 4.78 is 23.6. The summed E-state index contributed by atoms with van der Waals surface area (Å²) in [4.78, 5) is 30.2. The third-order valence-corrected chi connectivity index (χ3v) is 6.24. The molecule has 1 aromatic carbocycles. The van der Waals surface area contributed by atoms with Gasteiger partial charge in [0.2, 0.25) is 0 Å². The van der Waals surface area contributed by atoms with Crippen LogP contribution in [0.2, 0.25) is 0 Å². The number of carbonyl (C=O) groups excluding carboxylic acids is 2. The maximum atomic E-state index is 12.8. The molecule has 0 aromatic heterocycles. The minimum atomic E-state index is -3.14. The van der Waals surface area contributed by atoms with Gasteiger partial charge in [0.05, 0.1) is 11.5 Å². The third-order valence-electron chi connectivity index (χ3n) is 4.49. The first-order chi connectivity index (χ1) is 12.2. The molecule has 1 unspecified atom stereocenters. The predicted molar refractivity (Wildman–Crippen MR) is 100 cm³/mol. The molecule has 1 aromatic rings. The molecular weight excluding hydrogens is 354 g/mol. The van der Waals surface area contributed by atoms with Crippen molar-refractivity contribution in [3.05, 3.63) is 35.9 Å². The summed E-state index contributed by atoms with van der Waals surface area (Å²) in [6.07, 6.45) is 0.386. The van der Waals surface area contributed by atoms with Crippen molar-refractivity contribution >= 4 is 21.7 Å². The minimum Gasteiger partial charge on any atom is -0.333 e. The SMILES string of the molecule is CN(C)CCN(C(=O)C(=O)N(C)Cc1ccccc1)C1CCS(=O)(=O)C1. The van der Waals surface area contributed by atoms with Gasteiger partial charge in [0.1, 0.15) is 0 Å². The lowest BCUT2D eigenvalue weighted by Gasteiger charge is -2.30. The first-order valence-corrected chi connectivity index (χ1v) is 10.5. The van der Waals surface area contributed by atoms with Crippen LogP contribution < -0.4 is 0 Å². The lowest BCUT2D eigenvalue weighted by Crippen LogP contribution is -2.50. The molecule has 1 aliphatic heterocycles. The number of rotatable bonds is 6. The Hall–Kier alpha value is -1.93. The Kier molecular flexibility index (Phi) is 6.77. The zero-order valence-electron chi connectivity index (χ0n) is 15.6. The van der Waals surface area contributed by atoms with Crippen molar-refractivity contribution in [1.29, 1.82) is 0 Å².